The van der Waals surface area contributed by atoms with Crippen LogP contribution in [0.2, 0.25) is 0 Å². The van der Waals surface area contributed by atoms with Gasteiger partial charge in [0.15, 0.2) is 0 Å². The highest BCUT2D eigenvalue weighted by Gasteiger charge is 2.13. The van der Waals surface area contributed by atoms with Crippen molar-refractivity contribution in [1.82, 2.24) is 0 Å². The van der Waals surface area contributed by atoms with Crippen LogP contribution < -0.4 is 0 Å². The van der Waals surface area contributed by atoms with Crippen molar-refractivity contribution < 1.29 is 14.4 Å². The number of aromatic hydroxyl groups is 1. The number of nitrogens with zero attached hydrogens (tertiary/aromatic N) is 2. The van der Waals surface area contributed by atoms with E-state index in [9.17, 15) is 15.2 Å². The van der Waals surface area contributed by atoms with Crippen molar-refractivity contribution in [2.24, 2.45) is 4.99 Å². The second-order valence-electron chi connectivity index (χ2n) is 5.71. The molecule has 0 aliphatic carbocycles. The summed E-state index contributed by atoms with van der Waals surface area (Å²) >= 11 is 0. The smallest absolute Gasteiger partial charge is 0.270 e. The number of non-ortho nitro benzene ring substituents is 1. The Balaban J connectivity index is 1.90. The summed E-state index contributed by atoms with van der Waals surface area (Å²) < 4.78 is 5.72. The zero-order valence-electron chi connectivity index (χ0n) is 13.8. The van der Waals surface area contributed by atoms with Gasteiger partial charge < -0.3 is 9.52 Å². The number of hydrogen-bond donors (Lipinski definition) is 1. The van der Waals surface area contributed by atoms with E-state index in [1.165, 1.54) is 18.3 Å². The van der Waals surface area contributed by atoms with Crippen molar-refractivity contribution in [2.75, 3.05) is 0 Å². The Morgan fingerprint density at radius 1 is 1.12 bits per heavy atom. The van der Waals surface area contributed by atoms with E-state index in [1.54, 1.807) is 36.4 Å². The predicted molar refractivity (Wildman–Crippen MR) is 95.6 cm³/mol. The fourth-order valence-electron chi connectivity index (χ4n) is 2.43. The number of phenols is 1. The van der Waals surface area contributed by atoms with Crippen molar-refractivity contribution in [3.05, 3.63) is 75.5 Å². The first-order valence-electron chi connectivity index (χ1n) is 7.63. The van der Waals surface area contributed by atoms with Crippen LogP contribution in [0.25, 0.3) is 11.3 Å². The van der Waals surface area contributed by atoms with E-state index >= 15 is 0 Å². The van der Waals surface area contributed by atoms with Crippen molar-refractivity contribution in [3.8, 4) is 17.1 Å². The Hall–Kier alpha value is -3.41. The number of rotatable bonds is 4. The molecule has 0 aliphatic rings. The second kappa shape index (κ2) is 6.60. The van der Waals surface area contributed by atoms with Gasteiger partial charge in [0.25, 0.3) is 5.69 Å². The first kappa shape index (κ1) is 16.4. The molecule has 3 aromatic rings. The predicted octanol–water partition coefficient (Wildman–Crippen LogP) is 4.93. The minimum absolute atomic E-state index is 0.0110. The second-order valence-corrected chi connectivity index (χ2v) is 5.71. The van der Waals surface area contributed by atoms with E-state index in [0.29, 0.717) is 22.8 Å². The van der Waals surface area contributed by atoms with Crippen molar-refractivity contribution in [3.63, 3.8) is 0 Å². The van der Waals surface area contributed by atoms with Crippen LogP contribution in [0.15, 0.2) is 57.9 Å². The molecule has 0 aliphatic heterocycles. The lowest BCUT2D eigenvalue weighted by molar-refractivity contribution is -0.384. The normalized spacial score (nSPS) is 11.1. The molecule has 0 saturated carbocycles. The maximum Gasteiger partial charge on any atom is 0.270 e. The number of aryl methyl sites for hydroxylation is 2. The molecule has 0 bridgehead atoms. The van der Waals surface area contributed by atoms with Gasteiger partial charge >= 0.3 is 0 Å². The summed E-state index contributed by atoms with van der Waals surface area (Å²) in [4.78, 5) is 14.7. The number of phenolic OH excluding ortho intramolecular Hbond substituents is 1. The van der Waals surface area contributed by atoms with Gasteiger partial charge in [0.2, 0.25) is 0 Å². The largest absolute Gasteiger partial charge is 0.506 e. The van der Waals surface area contributed by atoms with Gasteiger partial charge in [-0.25, -0.2) is 4.99 Å². The number of benzene rings is 2. The van der Waals surface area contributed by atoms with E-state index in [-0.39, 0.29) is 11.4 Å². The van der Waals surface area contributed by atoms with Gasteiger partial charge in [-0.3, -0.25) is 10.1 Å². The van der Waals surface area contributed by atoms with E-state index in [4.69, 9.17) is 4.42 Å². The van der Waals surface area contributed by atoms with Gasteiger partial charge in [-0.2, -0.15) is 0 Å². The van der Waals surface area contributed by atoms with Gasteiger partial charge in [0.1, 0.15) is 23.0 Å². The summed E-state index contributed by atoms with van der Waals surface area (Å²) in [5.74, 6) is 1.10. The molecule has 0 unspecified atom stereocenters. The van der Waals surface area contributed by atoms with Crippen LogP contribution in [-0.4, -0.2) is 16.2 Å². The molecule has 0 amide bonds. The monoisotopic (exact) mass is 336 g/mol. The molecule has 0 spiro atoms. The number of nitro benzene ring substituents is 1. The summed E-state index contributed by atoms with van der Waals surface area (Å²) in [7, 11) is 0. The van der Waals surface area contributed by atoms with E-state index < -0.39 is 4.92 Å². The van der Waals surface area contributed by atoms with Gasteiger partial charge in [0, 0.05) is 17.7 Å². The maximum absolute atomic E-state index is 10.9. The molecule has 0 atom stereocenters. The standard InChI is InChI=1S/C19H16N2O4/c1-12-3-7-18(22)17(9-12)20-11-15-6-8-19(25-15)16-10-14(21(23)24)5-4-13(16)2/h3-11,22H,1-2H3. The summed E-state index contributed by atoms with van der Waals surface area (Å²) in [6.45, 7) is 3.77. The summed E-state index contributed by atoms with van der Waals surface area (Å²) in [5, 5.41) is 20.8. The Morgan fingerprint density at radius 3 is 2.68 bits per heavy atom. The minimum Gasteiger partial charge on any atom is -0.506 e. The number of furan rings is 1. The molecule has 126 valence electrons. The molecule has 2 aromatic carbocycles. The van der Waals surface area contributed by atoms with Crippen LogP contribution in [0, 0.1) is 24.0 Å². The fourth-order valence-corrected chi connectivity index (χ4v) is 2.43. The van der Waals surface area contributed by atoms with Crippen LogP contribution in [0.3, 0.4) is 0 Å². The molecule has 6 heteroatoms. The highest BCUT2D eigenvalue weighted by atomic mass is 16.6. The topological polar surface area (TPSA) is 88.9 Å². The molecule has 6 nitrogen and oxygen atoms in total. The van der Waals surface area contributed by atoms with Crippen LogP contribution in [0.5, 0.6) is 5.75 Å². The molecule has 0 saturated heterocycles. The maximum atomic E-state index is 10.9. The fraction of sp³-hybridized carbons (Fsp3) is 0.105. The zero-order valence-corrected chi connectivity index (χ0v) is 13.8. The summed E-state index contributed by atoms with van der Waals surface area (Å²) in [6, 6.07) is 13.3. The minimum atomic E-state index is -0.436. The summed E-state index contributed by atoms with van der Waals surface area (Å²) in [6.07, 6.45) is 1.50. The van der Waals surface area contributed by atoms with Crippen LogP contribution in [0.1, 0.15) is 16.9 Å². The van der Waals surface area contributed by atoms with E-state index in [2.05, 4.69) is 4.99 Å². The first-order chi connectivity index (χ1) is 11.9. The zero-order chi connectivity index (χ0) is 18.0. The molecule has 0 fully saturated rings. The lowest BCUT2D eigenvalue weighted by atomic mass is 10.1. The number of hydrogen-bond acceptors (Lipinski definition) is 5. The molecule has 1 heterocycles. The van der Waals surface area contributed by atoms with E-state index in [0.717, 1.165) is 11.1 Å². The lowest BCUT2D eigenvalue weighted by Gasteiger charge is -2.02. The molecular weight excluding hydrogens is 320 g/mol. The Morgan fingerprint density at radius 2 is 1.92 bits per heavy atom. The van der Waals surface area contributed by atoms with E-state index in [1.807, 2.05) is 13.8 Å². The van der Waals surface area contributed by atoms with Gasteiger partial charge in [-0.05, 0) is 49.2 Å². The Bertz CT molecular complexity index is 973. The highest BCUT2D eigenvalue weighted by molar-refractivity contribution is 5.81. The van der Waals surface area contributed by atoms with Crippen molar-refractivity contribution in [2.45, 2.75) is 13.8 Å². The third-order valence-corrected chi connectivity index (χ3v) is 3.79. The molecule has 0 radical (unpaired) electrons. The molecule has 1 N–H and O–H groups in total. The SMILES string of the molecule is Cc1ccc(O)c(N=Cc2ccc(-c3cc([N+](=O)[O-])ccc3C)o2)c1. The number of aliphatic imine (C=N–C) groups is 1. The van der Waals surface area contributed by atoms with Crippen LogP contribution >= 0.6 is 0 Å². The van der Waals surface area contributed by atoms with Crippen LogP contribution in [-0.2, 0) is 0 Å². The highest BCUT2D eigenvalue weighted by Crippen LogP contribution is 2.30. The Kier molecular flexibility index (Phi) is 4.35. The first-order valence-corrected chi connectivity index (χ1v) is 7.63. The lowest BCUT2D eigenvalue weighted by Crippen LogP contribution is -1.90. The summed E-state index contributed by atoms with van der Waals surface area (Å²) in [5.41, 5.74) is 2.98. The van der Waals surface area contributed by atoms with Crippen molar-refractivity contribution >= 4 is 17.6 Å². The van der Waals surface area contributed by atoms with Gasteiger partial charge in [0.05, 0.1) is 11.1 Å². The third-order valence-electron chi connectivity index (χ3n) is 3.79. The van der Waals surface area contributed by atoms with Gasteiger partial charge in [-0.1, -0.05) is 12.1 Å². The average molecular weight is 336 g/mol. The quantitative estimate of drug-likeness (QED) is 0.416. The molecule has 3 rings (SSSR count). The van der Waals surface area contributed by atoms with Gasteiger partial charge in [-0.15, -0.1) is 0 Å². The third kappa shape index (κ3) is 3.58. The molecule has 25 heavy (non-hydrogen) atoms. The molecular formula is C19H16N2O4. The van der Waals surface area contributed by atoms with Crippen molar-refractivity contribution in [1.29, 1.82) is 0 Å². The van der Waals surface area contributed by atoms with Crippen LogP contribution in [0.4, 0.5) is 11.4 Å². The Labute approximate surface area is 144 Å². The number of nitro groups is 1. The average Bonchev–Trinajstić information content (AvgIpc) is 3.04. The molecule has 1 aromatic heterocycles.